The van der Waals surface area contributed by atoms with Crippen LogP contribution in [-0.4, -0.2) is 34.8 Å². The summed E-state index contributed by atoms with van der Waals surface area (Å²) in [6, 6.07) is 20.1. The molecule has 36 heavy (non-hydrogen) atoms. The van der Waals surface area contributed by atoms with Gasteiger partial charge in [0.15, 0.2) is 0 Å². The third-order valence-corrected chi connectivity index (χ3v) is 12.1. The van der Waals surface area contributed by atoms with Crippen molar-refractivity contribution in [2.75, 3.05) is 6.61 Å². The fourth-order valence-corrected chi connectivity index (χ4v) is 9.08. The second-order valence-electron chi connectivity index (χ2n) is 10.6. The summed E-state index contributed by atoms with van der Waals surface area (Å²) in [6.45, 7) is 3.31. The Bertz CT molecular complexity index is 1360. The van der Waals surface area contributed by atoms with Gasteiger partial charge in [0.25, 0.3) is 0 Å². The number of nitrogens with zero attached hydrogens (tertiary/aromatic N) is 2. The van der Waals surface area contributed by atoms with Crippen molar-refractivity contribution in [2.45, 2.75) is 60.3 Å². The fraction of sp³-hybridized carbons (Fsp3) is 0.367. The monoisotopic (exact) mass is 594 g/mol. The Morgan fingerprint density at radius 3 is 2.50 bits per heavy atom. The molecule has 4 aromatic rings. The van der Waals surface area contributed by atoms with Crippen LogP contribution in [0.2, 0.25) is 14.8 Å². The molecule has 1 aliphatic rings. The Balaban J connectivity index is 1.56. The van der Waals surface area contributed by atoms with E-state index in [1.807, 2.05) is 47.1 Å². The topological polar surface area (TPSA) is 36.3 Å². The van der Waals surface area contributed by atoms with Crippen molar-refractivity contribution in [3.63, 3.8) is 0 Å². The number of aromatic nitrogens is 2. The van der Waals surface area contributed by atoms with Gasteiger partial charge in [-0.1, -0.05) is 30.3 Å². The first kappa shape index (κ1) is 25.3. The summed E-state index contributed by atoms with van der Waals surface area (Å²) >= 11 is -2.60. The standard InChI is InChI=1S/C27H26FN2O2.3CH3.Sn/c1-2-20-16-22(32-18-19-8-4-3-5-9-19)12-14-23(20)24-13-11-21-17-29-30(27(21)26(24)28)25-10-6-7-15-31-25;;;;/h3-5,8-9,11-14,16,25H,2,6-7,10,15,18H2,1H3;3*1H3;. The van der Waals surface area contributed by atoms with E-state index in [9.17, 15) is 0 Å². The summed E-state index contributed by atoms with van der Waals surface area (Å²) in [5.41, 5.74) is 4.29. The summed E-state index contributed by atoms with van der Waals surface area (Å²) in [6.07, 6.45) is 3.57. The van der Waals surface area contributed by atoms with Crippen LogP contribution in [0.4, 0.5) is 4.39 Å². The molecule has 0 aliphatic carbocycles. The van der Waals surface area contributed by atoms with E-state index >= 15 is 4.39 Å². The van der Waals surface area contributed by atoms with Gasteiger partial charge in [0.2, 0.25) is 0 Å². The number of aryl methyl sites for hydroxylation is 1. The quantitative estimate of drug-likeness (QED) is 0.212. The van der Waals surface area contributed by atoms with Crippen LogP contribution >= 0.6 is 0 Å². The van der Waals surface area contributed by atoms with Gasteiger partial charge in [-0.15, -0.1) is 0 Å². The molecule has 0 amide bonds. The maximum absolute atomic E-state index is 16.4. The van der Waals surface area contributed by atoms with E-state index in [2.05, 4.69) is 39.9 Å². The predicted octanol–water partition coefficient (Wildman–Crippen LogP) is 7.23. The van der Waals surface area contributed by atoms with Crippen LogP contribution in [0.25, 0.3) is 22.0 Å². The van der Waals surface area contributed by atoms with Crippen LogP contribution in [0, 0.1) is 5.82 Å². The minimum absolute atomic E-state index is 0.201. The summed E-state index contributed by atoms with van der Waals surface area (Å²) in [5.74, 6) is 0.592. The second kappa shape index (κ2) is 10.5. The molecule has 1 aromatic heterocycles. The fourth-order valence-electron chi connectivity index (χ4n) is 5.03. The van der Waals surface area contributed by atoms with Crippen LogP contribution in [0.5, 0.6) is 5.75 Å². The molecule has 188 valence electrons. The average molecular weight is 593 g/mol. The van der Waals surface area contributed by atoms with Crippen molar-refractivity contribution >= 4 is 33.0 Å². The number of fused-ring (bicyclic) bond motifs is 1. The van der Waals surface area contributed by atoms with Crippen molar-refractivity contribution in [1.82, 2.24) is 9.78 Å². The SMILES string of the molecule is CCc1cc(OCc2ccccc2)ccc1-c1ccc2[c]([Sn]([CH3])([CH3])[CH3])nn(C3CCCCO3)c2c1F. The Hall–Kier alpha value is -2.38. The molecule has 0 N–H and O–H groups in total. The van der Waals surface area contributed by atoms with Gasteiger partial charge in [0.1, 0.15) is 0 Å². The van der Waals surface area contributed by atoms with E-state index in [-0.39, 0.29) is 12.0 Å². The van der Waals surface area contributed by atoms with Crippen LogP contribution in [-0.2, 0) is 17.8 Å². The van der Waals surface area contributed by atoms with Gasteiger partial charge in [-0.3, -0.25) is 0 Å². The molecule has 0 radical (unpaired) electrons. The van der Waals surface area contributed by atoms with Gasteiger partial charge in [0.05, 0.1) is 0 Å². The molecule has 0 spiro atoms. The Morgan fingerprint density at radius 1 is 1.03 bits per heavy atom. The second-order valence-corrected chi connectivity index (χ2v) is 24.8. The first-order valence-electron chi connectivity index (χ1n) is 13.0. The summed E-state index contributed by atoms with van der Waals surface area (Å²) in [4.78, 5) is 6.99. The number of rotatable bonds is 7. The number of hydrogen-bond donors (Lipinski definition) is 0. The molecule has 0 saturated carbocycles. The van der Waals surface area contributed by atoms with E-state index in [0.29, 0.717) is 24.3 Å². The zero-order chi connectivity index (χ0) is 25.3. The van der Waals surface area contributed by atoms with Crippen molar-refractivity contribution in [2.24, 2.45) is 0 Å². The number of halogens is 1. The van der Waals surface area contributed by atoms with Gasteiger partial charge in [-0.05, 0) is 0 Å². The Kier molecular flexibility index (Phi) is 7.40. The van der Waals surface area contributed by atoms with E-state index in [1.165, 1.54) is 0 Å². The Morgan fingerprint density at radius 2 is 1.81 bits per heavy atom. The third kappa shape index (κ3) is 5.05. The van der Waals surface area contributed by atoms with Crippen LogP contribution in [0.3, 0.4) is 0 Å². The molecular weight excluding hydrogens is 558 g/mol. The first-order chi connectivity index (χ1) is 17.4. The molecule has 1 atom stereocenters. The van der Waals surface area contributed by atoms with Crippen LogP contribution < -0.4 is 8.45 Å². The molecule has 1 fully saturated rings. The van der Waals surface area contributed by atoms with Crippen molar-refractivity contribution < 1.29 is 13.9 Å². The number of benzene rings is 3. The first-order valence-corrected chi connectivity index (χ1v) is 23.0. The third-order valence-electron chi connectivity index (χ3n) is 6.94. The molecule has 1 saturated heterocycles. The molecule has 3 aromatic carbocycles. The van der Waals surface area contributed by atoms with E-state index in [0.717, 1.165) is 57.2 Å². The van der Waals surface area contributed by atoms with Gasteiger partial charge in [-0.2, -0.15) is 0 Å². The zero-order valence-corrected chi connectivity index (χ0v) is 24.5. The molecule has 2 heterocycles. The van der Waals surface area contributed by atoms with Crippen molar-refractivity contribution in [3.8, 4) is 16.9 Å². The summed E-state index contributed by atoms with van der Waals surface area (Å²) in [5, 5.41) is 5.97. The number of ether oxygens (including phenoxy) is 2. The maximum atomic E-state index is 16.4. The molecule has 0 bridgehead atoms. The van der Waals surface area contributed by atoms with Crippen molar-refractivity contribution in [1.29, 1.82) is 0 Å². The summed E-state index contributed by atoms with van der Waals surface area (Å²) in [7, 11) is 0. The van der Waals surface area contributed by atoms with E-state index in [4.69, 9.17) is 14.6 Å². The van der Waals surface area contributed by atoms with Gasteiger partial charge >= 0.3 is 188 Å². The molecule has 6 heteroatoms. The molecule has 4 nitrogen and oxygen atoms in total. The molecule has 1 aliphatic heterocycles. The zero-order valence-electron chi connectivity index (χ0n) is 21.7. The molecule has 5 rings (SSSR count). The van der Waals surface area contributed by atoms with E-state index < -0.39 is 18.4 Å². The summed E-state index contributed by atoms with van der Waals surface area (Å²) < 4.78 is 31.5. The normalized spacial score (nSPS) is 16.4. The van der Waals surface area contributed by atoms with Gasteiger partial charge in [0, 0.05) is 0 Å². The Labute approximate surface area is 217 Å². The molecular formula is C30H35FN2O2Sn. The van der Waals surface area contributed by atoms with Crippen LogP contribution in [0.1, 0.15) is 43.5 Å². The minimum atomic E-state index is -2.60. The van der Waals surface area contributed by atoms with Gasteiger partial charge < -0.3 is 0 Å². The molecule has 1 unspecified atom stereocenters. The van der Waals surface area contributed by atoms with Gasteiger partial charge in [-0.25, -0.2) is 0 Å². The van der Waals surface area contributed by atoms with Crippen LogP contribution in [0.15, 0.2) is 60.7 Å². The van der Waals surface area contributed by atoms with Crippen molar-refractivity contribution in [3.05, 3.63) is 77.6 Å². The number of hydrogen-bond acceptors (Lipinski definition) is 3. The average Bonchev–Trinajstić information content (AvgIpc) is 3.30. The predicted molar refractivity (Wildman–Crippen MR) is 147 cm³/mol. The van der Waals surface area contributed by atoms with E-state index in [1.54, 1.807) is 0 Å².